The van der Waals surface area contributed by atoms with Crippen LogP contribution in [0.3, 0.4) is 0 Å². The van der Waals surface area contributed by atoms with Crippen LogP contribution in [0.25, 0.3) is 0 Å². The predicted molar refractivity (Wildman–Crippen MR) is 73.8 cm³/mol. The van der Waals surface area contributed by atoms with Crippen LogP contribution in [0.2, 0.25) is 0 Å². The maximum absolute atomic E-state index is 2.41. The summed E-state index contributed by atoms with van der Waals surface area (Å²) in [4.78, 5) is 0. The highest BCUT2D eigenvalue weighted by molar-refractivity contribution is 4.81. The van der Waals surface area contributed by atoms with E-state index in [0.29, 0.717) is 0 Å². The van der Waals surface area contributed by atoms with E-state index in [4.69, 9.17) is 0 Å². The van der Waals surface area contributed by atoms with Crippen molar-refractivity contribution in [2.75, 3.05) is 0 Å². The zero-order chi connectivity index (χ0) is 11.3. The Kier molecular flexibility index (Phi) is 9.69. The highest BCUT2D eigenvalue weighted by atomic mass is 14.0. The Balaban J connectivity index is 2.07. The molecule has 0 atom stereocenters. The molecule has 0 heterocycles. The van der Waals surface area contributed by atoms with Crippen molar-refractivity contribution in [1.82, 2.24) is 0 Å². The molecule has 0 saturated carbocycles. The van der Waals surface area contributed by atoms with Gasteiger partial charge in [0.05, 0.1) is 0 Å². The van der Waals surface area contributed by atoms with Gasteiger partial charge in [-0.15, -0.1) is 0 Å². The van der Waals surface area contributed by atoms with Gasteiger partial charge in [0.15, 0.2) is 0 Å². The molecule has 0 radical (unpaired) electrons. The van der Waals surface area contributed by atoms with E-state index in [2.05, 4.69) is 12.2 Å². The fourth-order valence-electron chi connectivity index (χ4n) is 2.53. The summed E-state index contributed by atoms with van der Waals surface area (Å²) in [7, 11) is 0. The minimum absolute atomic E-state index is 1.32. The fourth-order valence-corrected chi connectivity index (χ4v) is 2.53. The third-order valence-electron chi connectivity index (χ3n) is 3.66. The molecular weight excluding hydrogens is 192 g/mol. The smallest absolute Gasteiger partial charge is 0.0351 e. The van der Waals surface area contributed by atoms with Crippen molar-refractivity contribution in [2.45, 2.75) is 89.9 Å². The Morgan fingerprint density at radius 1 is 0.312 bits per heavy atom. The summed E-state index contributed by atoms with van der Waals surface area (Å²) in [6, 6.07) is 0. The lowest BCUT2D eigenvalue weighted by molar-refractivity contribution is 0.540. The van der Waals surface area contributed by atoms with Crippen LogP contribution < -0.4 is 0 Å². The molecule has 0 aliphatic heterocycles. The van der Waals surface area contributed by atoms with Crippen LogP contribution in [0.4, 0.5) is 0 Å². The zero-order valence-corrected chi connectivity index (χ0v) is 11.1. The van der Waals surface area contributed by atoms with Gasteiger partial charge in [-0.3, -0.25) is 0 Å². The van der Waals surface area contributed by atoms with Gasteiger partial charge in [0.1, 0.15) is 0 Å². The molecule has 0 spiro atoms. The van der Waals surface area contributed by atoms with Crippen LogP contribution in [-0.2, 0) is 0 Å². The number of rotatable bonds is 0. The second kappa shape index (κ2) is 11.2. The van der Waals surface area contributed by atoms with Gasteiger partial charge < -0.3 is 0 Å². The monoisotopic (exact) mass is 222 g/mol. The van der Waals surface area contributed by atoms with Crippen molar-refractivity contribution >= 4 is 0 Å². The normalized spacial score (nSPS) is 23.0. The third-order valence-corrected chi connectivity index (χ3v) is 3.66. The first-order valence-corrected chi connectivity index (χ1v) is 7.65. The average Bonchev–Trinajstić information content (AvgIpc) is 2.29. The van der Waals surface area contributed by atoms with E-state index >= 15 is 0 Å². The lowest BCUT2D eigenvalue weighted by Crippen LogP contribution is -1.83. The number of hydrogen-bond acceptors (Lipinski definition) is 0. The summed E-state index contributed by atoms with van der Waals surface area (Å²) in [5, 5.41) is 0. The van der Waals surface area contributed by atoms with Gasteiger partial charge in [0.25, 0.3) is 0 Å². The van der Waals surface area contributed by atoms with Gasteiger partial charge in [0, 0.05) is 0 Å². The lowest BCUT2D eigenvalue weighted by Gasteiger charge is -2.03. The Morgan fingerprint density at radius 2 is 0.562 bits per heavy atom. The van der Waals surface area contributed by atoms with E-state index in [1.165, 1.54) is 89.9 Å². The van der Waals surface area contributed by atoms with Gasteiger partial charge in [-0.1, -0.05) is 76.4 Å². The van der Waals surface area contributed by atoms with Crippen molar-refractivity contribution in [3.05, 3.63) is 12.2 Å². The molecule has 1 aliphatic rings. The fraction of sp³-hybridized carbons (Fsp3) is 0.875. The van der Waals surface area contributed by atoms with Crippen LogP contribution in [0.1, 0.15) is 89.9 Å². The third kappa shape index (κ3) is 9.00. The van der Waals surface area contributed by atoms with Crippen LogP contribution in [0.15, 0.2) is 12.2 Å². The summed E-state index contributed by atoms with van der Waals surface area (Å²) < 4.78 is 0. The Bertz CT molecular complexity index is 139. The van der Waals surface area contributed by atoms with Crippen LogP contribution in [-0.4, -0.2) is 0 Å². The second-order valence-electron chi connectivity index (χ2n) is 5.29. The van der Waals surface area contributed by atoms with E-state index in [1.807, 2.05) is 0 Å². The zero-order valence-electron chi connectivity index (χ0n) is 11.1. The number of allylic oxidation sites excluding steroid dienone is 2. The summed E-state index contributed by atoms with van der Waals surface area (Å²) in [5.74, 6) is 0. The van der Waals surface area contributed by atoms with E-state index in [9.17, 15) is 0 Å². The van der Waals surface area contributed by atoms with Crippen molar-refractivity contribution in [3.8, 4) is 0 Å². The SMILES string of the molecule is C1=CCCCCCCCCCCCCCC1. The molecule has 0 heteroatoms. The maximum Gasteiger partial charge on any atom is -0.0351 e. The standard InChI is InChI=1S/C16H30/c1-2-4-6-8-10-12-14-16-15-13-11-9-7-5-3-1/h1-2H,3-16H2. The summed E-state index contributed by atoms with van der Waals surface area (Å²) >= 11 is 0. The largest absolute Gasteiger partial charge is 0.0885 e. The quantitative estimate of drug-likeness (QED) is 0.440. The first-order valence-electron chi connectivity index (χ1n) is 7.65. The molecule has 0 saturated heterocycles. The van der Waals surface area contributed by atoms with Crippen LogP contribution >= 0.6 is 0 Å². The highest BCUT2D eigenvalue weighted by Crippen LogP contribution is 2.14. The van der Waals surface area contributed by atoms with E-state index in [1.54, 1.807) is 0 Å². The lowest BCUT2D eigenvalue weighted by atomic mass is 10.0. The molecule has 0 aromatic rings. The topological polar surface area (TPSA) is 0 Å². The van der Waals surface area contributed by atoms with Crippen molar-refractivity contribution in [2.24, 2.45) is 0 Å². The highest BCUT2D eigenvalue weighted by Gasteiger charge is 1.94. The average molecular weight is 222 g/mol. The molecule has 0 unspecified atom stereocenters. The van der Waals surface area contributed by atoms with Gasteiger partial charge in [-0.2, -0.15) is 0 Å². The Hall–Kier alpha value is -0.260. The van der Waals surface area contributed by atoms with Gasteiger partial charge in [-0.25, -0.2) is 0 Å². The summed E-state index contributed by atoms with van der Waals surface area (Å²) in [5.41, 5.74) is 0. The molecule has 0 nitrogen and oxygen atoms in total. The molecule has 94 valence electrons. The molecule has 1 aliphatic carbocycles. The van der Waals surface area contributed by atoms with Gasteiger partial charge in [-0.05, 0) is 25.7 Å². The van der Waals surface area contributed by atoms with E-state index in [0.717, 1.165) is 0 Å². The van der Waals surface area contributed by atoms with E-state index < -0.39 is 0 Å². The molecule has 0 fully saturated rings. The molecule has 16 heavy (non-hydrogen) atoms. The molecule has 0 amide bonds. The Labute approximate surface area is 103 Å². The van der Waals surface area contributed by atoms with Gasteiger partial charge in [0.2, 0.25) is 0 Å². The van der Waals surface area contributed by atoms with Crippen molar-refractivity contribution in [3.63, 3.8) is 0 Å². The van der Waals surface area contributed by atoms with E-state index in [-0.39, 0.29) is 0 Å². The first kappa shape index (κ1) is 13.8. The molecule has 0 aromatic carbocycles. The van der Waals surface area contributed by atoms with Crippen molar-refractivity contribution < 1.29 is 0 Å². The summed E-state index contributed by atoms with van der Waals surface area (Å²) in [6.45, 7) is 0. The van der Waals surface area contributed by atoms with Gasteiger partial charge >= 0.3 is 0 Å². The van der Waals surface area contributed by atoms with Crippen molar-refractivity contribution in [1.29, 1.82) is 0 Å². The number of hydrogen-bond donors (Lipinski definition) is 0. The minimum Gasteiger partial charge on any atom is -0.0885 e. The van der Waals surface area contributed by atoms with Crippen LogP contribution in [0, 0.1) is 0 Å². The molecule has 0 N–H and O–H groups in total. The second-order valence-corrected chi connectivity index (χ2v) is 5.29. The molecule has 0 aromatic heterocycles. The first-order chi connectivity index (χ1) is 8.00. The minimum atomic E-state index is 1.32. The molecule has 1 rings (SSSR count). The Morgan fingerprint density at radius 3 is 0.875 bits per heavy atom. The molecule has 0 bridgehead atoms. The molecular formula is C16H30. The maximum atomic E-state index is 2.41. The van der Waals surface area contributed by atoms with Crippen LogP contribution in [0.5, 0.6) is 0 Å². The predicted octanol–water partition coefficient (Wildman–Crippen LogP) is 6.02. The summed E-state index contributed by atoms with van der Waals surface area (Å²) in [6.07, 6.45) is 25.0.